The lowest BCUT2D eigenvalue weighted by molar-refractivity contribution is -0.131. The van der Waals surface area contributed by atoms with E-state index in [9.17, 15) is 4.79 Å². The second-order valence-electron chi connectivity index (χ2n) is 6.64. The number of piperidine rings is 1. The fourth-order valence-corrected chi connectivity index (χ4v) is 5.14. The van der Waals surface area contributed by atoms with Gasteiger partial charge in [-0.2, -0.15) is 0 Å². The summed E-state index contributed by atoms with van der Waals surface area (Å²) in [7, 11) is 1.96. The molecule has 0 aliphatic carbocycles. The Morgan fingerprint density at radius 2 is 1.85 bits per heavy atom. The molecule has 0 spiro atoms. The average Bonchev–Trinajstić information content (AvgIpc) is 3.37. The molecule has 3 aromatic rings. The summed E-state index contributed by atoms with van der Waals surface area (Å²) in [5.41, 5.74) is 1.01. The molecule has 7 heteroatoms. The first-order chi connectivity index (χ1) is 13.2. The lowest BCUT2D eigenvalue weighted by atomic mass is 10.1. The molecule has 5 nitrogen and oxygen atoms in total. The molecule has 0 saturated carbocycles. The molecule has 27 heavy (non-hydrogen) atoms. The molecule has 0 radical (unpaired) electrons. The Hall–Kier alpha value is -2.12. The Kier molecular flexibility index (Phi) is 5.59. The summed E-state index contributed by atoms with van der Waals surface area (Å²) in [6, 6.07) is 14.0. The summed E-state index contributed by atoms with van der Waals surface area (Å²) in [4.78, 5) is 16.4. The zero-order valence-electron chi connectivity index (χ0n) is 15.2. The highest BCUT2D eigenvalue weighted by molar-refractivity contribution is 8.00. The number of hydrogen-bond donors (Lipinski definition) is 0. The SMILES string of the molecule is Cn1c(S[C@H](C(=O)N2CCCCC2)c2ccccc2)nnc1-c1cccs1. The van der Waals surface area contributed by atoms with Crippen molar-refractivity contribution in [1.29, 1.82) is 0 Å². The molecule has 2 aromatic heterocycles. The van der Waals surface area contributed by atoms with Gasteiger partial charge in [0.05, 0.1) is 4.88 Å². The zero-order chi connectivity index (χ0) is 18.6. The van der Waals surface area contributed by atoms with Crippen molar-refractivity contribution >= 4 is 29.0 Å². The number of amides is 1. The third-order valence-electron chi connectivity index (χ3n) is 4.79. The van der Waals surface area contributed by atoms with E-state index in [4.69, 9.17) is 0 Å². The van der Waals surface area contributed by atoms with Crippen LogP contribution in [0.5, 0.6) is 0 Å². The summed E-state index contributed by atoms with van der Waals surface area (Å²) in [5.74, 6) is 1.01. The number of benzene rings is 1. The van der Waals surface area contributed by atoms with Gasteiger partial charge < -0.3 is 9.47 Å². The largest absolute Gasteiger partial charge is 0.341 e. The van der Waals surface area contributed by atoms with E-state index in [1.807, 2.05) is 64.4 Å². The summed E-state index contributed by atoms with van der Waals surface area (Å²) < 4.78 is 1.98. The molecule has 1 aliphatic rings. The number of nitrogens with zero attached hydrogens (tertiary/aromatic N) is 4. The lowest BCUT2D eigenvalue weighted by Crippen LogP contribution is -2.38. The molecule has 140 valence electrons. The third-order valence-corrected chi connectivity index (χ3v) is 6.94. The van der Waals surface area contributed by atoms with Gasteiger partial charge in [0.15, 0.2) is 11.0 Å². The normalized spacial score (nSPS) is 15.7. The quantitative estimate of drug-likeness (QED) is 0.598. The van der Waals surface area contributed by atoms with E-state index in [2.05, 4.69) is 10.2 Å². The number of carbonyl (C=O) groups is 1. The van der Waals surface area contributed by atoms with Crippen molar-refractivity contribution in [3.05, 3.63) is 53.4 Å². The van der Waals surface area contributed by atoms with E-state index < -0.39 is 0 Å². The number of hydrogen-bond acceptors (Lipinski definition) is 5. The summed E-state index contributed by atoms with van der Waals surface area (Å²) in [5, 5.41) is 11.2. The summed E-state index contributed by atoms with van der Waals surface area (Å²) >= 11 is 3.13. The first-order valence-electron chi connectivity index (χ1n) is 9.17. The molecule has 1 aromatic carbocycles. The van der Waals surface area contributed by atoms with E-state index in [1.54, 1.807) is 11.3 Å². The topological polar surface area (TPSA) is 51.0 Å². The summed E-state index contributed by atoms with van der Waals surface area (Å²) in [6.45, 7) is 1.70. The number of thiophene rings is 1. The molecule has 1 saturated heterocycles. The van der Waals surface area contributed by atoms with Crippen LogP contribution in [0.3, 0.4) is 0 Å². The van der Waals surface area contributed by atoms with Crippen LogP contribution in [0.25, 0.3) is 10.7 Å². The Morgan fingerprint density at radius 3 is 2.56 bits per heavy atom. The molecule has 0 bridgehead atoms. The van der Waals surface area contributed by atoms with Gasteiger partial charge >= 0.3 is 0 Å². The van der Waals surface area contributed by atoms with Gasteiger partial charge in [-0.05, 0) is 36.3 Å². The van der Waals surface area contributed by atoms with Crippen LogP contribution in [0.15, 0.2) is 53.0 Å². The van der Waals surface area contributed by atoms with Crippen LogP contribution in [0, 0.1) is 0 Å². The van der Waals surface area contributed by atoms with Crippen molar-refractivity contribution in [2.75, 3.05) is 13.1 Å². The maximum atomic E-state index is 13.3. The Labute approximate surface area is 167 Å². The van der Waals surface area contributed by atoms with Gasteiger partial charge in [-0.25, -0.2) is 0 Å². The lowest BCUT2D eigenvalue weighted by Gasteiger charge is -2.30. The Morgan fingerprint density at radius 1 is 1.07 bits per heavy atom. The van der Waals surface area contributed by atoms with Gasteiger partial charge in [0.2, 0.25) is 5.91 Å². The van der Waals surface area contributed by atoms with Crippen molar-refractivity contribution in [2.24, 2.45) is 7.05 Å². The molecule has 0 N–H and O–H groups in total. The van der Waals surface area contributed by atoms with Crippen LogP contribution >= 0.6 is 23.1 Å². The molecule has 4 rings (SSSR count). The van der Waals surface area contributed by atoms with Crippen molar-refractivity contribution < 1.29 is 4.79 Å². The van der Waals surface area contributed by atoms with Crippen LogP contribution in [0.4, 0.5) is 0 Å². The van der Waals surface area contributed by atoms with Crippen molar-refractivity contribution in [1.82, 2.24) is 19.7 Å². The second kappa shape index (κ2) is 8.27. The molecular formula is C20H22N4OS2. The standard InChI is InChI=1S/C20H22N4OS2/c1-23-18(16-11-8-14-26-16)21-22-20(23)27-17(15-9-4-2-5-10-15)19(25)24-12-6-3-7-13-24/h2,4-5,8-11,14,17H,3,6-7,12-13H2,1H3/t17-/m0/s1. The van der Waals surface area contributed by atoms with Gasteiger partial charge in [-0.1, -0.05) is 48.2 Å². The minimum absolute atomic E-state index is 0.173. The van der Waals surface area contributed by atoms with Gasteiger partial charge in [0.25, 0.3) is 0 Å². The van der Waals surface area contributed by atoms with Crippen LogP contribution < -0.4 is 0 Å². The predicted octanol–water partition coefficient (Wildman–Crippen LogP) is 4.39. The van der Waals surface area contributed by atoms with Crippen molar-refractivity contribution in [3.8, 4) is 10.7 Å². The molecule has 1 amide bonds. The summed E-state index contributed by atoms with van der Waals surface area (Å²) in [6.07, 6.45) is 3.38. The van der Waals surface area contributed by atoms with Gasteiger partial charge in [0.1, 0.15) is 5.25 Å². The van der Waals surface area contributed by atoms with Crippen LogP contribution in [-0.4, -0.2) is 38.7 Å². The molecular weight excluding hydrogens is 376 g/mol. The highest BCUT2D eigenvalue weighted by atomic mass is 32.2. The monoisotopic (exact) mass is 398 g/mol. The number of likely N-dealkylation sites (tertiary alicyclic amines) is 1. The zero-order valence-corrected chi connectivity index (χ0v) is 16.9. The fraction of sp³-hybridized carbons (Fsp3) is 0.350. The first-order valence-corrected chi connectivity index (χ1v) is 10.9. The van der Waals surface area contributed by atoms with E-state index in [0.717, 1.165) is 47.4 Å². The molecule has 1 atom stereocenters. The number of carbonyl (C=O) groups excluding carboxylic acids is 1. The van der Waals surface area contributed by atoms with E-state index in [-0.39, 0.29) is 11.2 Å². The van der Waals surface area contributed by atoms with Gasteiger partial charge in [-0.15, -0.1) is 21.5 Å². The molecule has 0 unspecified atom stereocenters. The van der Waals surface area contributed by atoms with Crippen LogP contribution in [-0.2, 0) is 11.8 Å². The predicted molar refractivity (Wildman–Crippen MR) is 110 cm³/mol. The maximum absolute atomic E-state index is 13.3. The molecule has 1 aliphatic heterocycles. The maximum Gasteiger partial charge on any atom is 0.240 e. The average molecular weight is 399 g/mol. The Balaban J connectivity index is 1.63. The second-order valence-corrected chi connectivity index (χ2v) is 8.66. The highest BCUT2D eigenvalue weighted by Crippen LogP contribution is 2.37. The number of thioether (sulfide) groups is 1. The van der Waals surface area contributed by atoms with Crippen molar-refractivity contribution in [2.45, 2.75) is 29.7 Å². The minimum Gasteiger partial charge on any atom is -0.341 e. The number of rotatable bonds is 5. The molecule has 1 fully saturated rings. The van der Waals surface area contributed by atoms with E-state index in [0.29, 0.717) is 0 Å². The fourth-order valence-electron chi connectivity index (χ4n) is 3.31. The smallest absolute Gasteiger partial charge is 0.240 e. The Bertz CT molecular complexity index is 886. The van der Waals surface area contributed by atoms with E-state index >= 15 is 0 Å². The van der Waals surface area contributed by atoms with Gasteiger partial charge in [0, 0.05) is 20.1 Å². The van der Waals surface area contributed by atoms with Gasteiger partial charge in [-0.3, -0.25) is 4.79 Å². The molecule has 3 heterocycles. The van der Waals surface area contributed by atoms with Crippen LogP contribution in [0.1, 0.15) is 30.1 Å². The van der Waals surface area contributed by atoms with Crippen molar-refractivity contribution in [3.63, 3.8) is 0 Å². The minimum atomic E-state index is -0.302. The third kappa shape index (κ3) is 3.94. The first kappa shape index (κ1) is 18.3. The highest BCUT2D eigenvalue weighted by Gasteiger charge is 2.29. The van der Waals surface area contributed by atoms with E-state index in [1.165, 1.54) is 18.2 Å². The van der Waals surface area contributed by atoms with Crippen LogP contribution in [0.2, 0.25) is 0 Å². The number of aromatic nitrogens is 3.